The molecule has 8 heteroatoms. The van der Waals surface area contributed by atoms with Gasteiger partial charge < -0.3 is 5.32 Å². The zero-order chi connectivity index (χ0) is 21.4. The molecular formula is C22H17ClFN3O2S. The Labute approximate surface area is 180 Å². The van der Waals surface area contributed by atoms with E-state index in [9.17, 15) is 14.0 Å². The van der Waals surface area contributed by atoms with E-state index in [1.165, 1.54) is 17.0 Å². The van der Waals surface area contributed by atoms with Crippen LogP contribution in [0.15, 0.2) is 53.6 Å². The second kappa shape index (κ2) is 8.01. The Hall–Kier alpha value is -3.03. The van der Waals surface area contributed by atoms with Crippen LogP contribution in [0.1, 0.15) is 26.4 Å². The van der Waals surface area contributed by atoms with Gasteiger partial charge in [0, 0.05) is 16.3 Å². The van der Waals surface area contributed by atoms with Crippen molar-refractivity contribution < 1.29 is 9.18 Å². The van der Waals surface area contributed by atoms with Gasteiger partial charge in [0.15, 0.2) is 0 Å². The van der Waals surface area contributed by atoms with Gasteiger partial charge in [0.25, 0.3) is 11.5 Å². The predicted molar refractivity (Wildman–Crippen MR) is 118 cm³/mol. The Balaban J connectivity index is 1.70. The van der Waals surface area contributed by atoms with Gasteiger partial charge in [0.05, 0.1) is 23.1 Å². The van der Waals surface area contributed by atoms with Crippen LogP contribution in [0.2, 0.25) is 5.02 Å². The molecule has 0 saturated carbocycles. The van der Waals surface area contributed by atoms with E-state index in [4.69, 9.17) is 11.6 Å². The van der Waals surface area contributed by atoms with Crippen LogP contribution in [0.25, 0.3) is 10.2 Å². The number of rotatable bonds is 4. The molecule has 0 aliphatic rings. The third-order valence-corrected chi connectivity index (χ3v) is 6.29. The number of benzene rings is 2. The molecule has 1 amide bonds. The van der Waals surface area contributed by atoms with Crippen molar-refractivity contribution in [2.45, 2.75) is 20.4 Å². The molecular weight excluding hydrogens is 425 g/mol. The number of aromatic nitrogens is 2. The number of nitrogens with zero attached hydrogens (tertiary/aromatic N) is 2. The smallest absolute Gasteiger partial charge is 0.266 e. The summed E-state index contributed by atoms with van der Waals surface area (Å²) in [4.78, 5) is 31.1. The quantitative estimate of drug-likeness (QED) is 0.475. The minimum atomic E-state index is -0.384. The van der Waals surface area contributed by atoms with Crippen molar-refractivity contribution in [2.24, 2.45) is 0 Å². The first-order valence-electron chi connectivity index (χ1n) is 9.14. The highest BCUT2D eigenvalue weighted by Gasteiger charge is 2.20. The SMILES string of the molecule is Cc1cc(Cl)ccc1NC(=O)c1sc2ncn(Cc3ccccc3F)c(=O)c2c1C. The van der Waals surface area contributed by atoms with Crippen molar-refractivity contribution >= 4 is 44.7 Å². The van der Waals surface area contributed by atoms with Crippen molar-refractivity contribution in [3.63, 3.8) is 0 Å². The first-order valence-corrected chi connectivity index (χ1v) is 10.3. The lowest BCUT2D eigenvalue weighted by Gasteiger charge is -2.08. The summed E-state index contributed by atoms with van der Waals surface area (Å²) >= 11 is 7.13. The van der Waals surface area contributed by atoms with E-state index in [0.717, 1.165) is 16.9 Å². The van der Waals surface area contributed by atoms with E-state index in [1.807, 2.05) is 6.92 Å². The molecule has 4 aromatic rings. The molecule has 0 aliphatic carbocycles. The number of halogens is 2. The number of nitrogens with one attached hydrogen (secondary N) is 1. The molecule has 0 aliphatic heterocycles. The van der Waals surface area contributed by atoms with Gasteiger partial charge in [-0.3, -0.25) is 14.2 Å². The minimum absolute atomic E-state index is 0.0647. The molecule has 2 aromatic heterocycles. The summed E-state index contributed by atoms with van der Waals surface area (Å²) in [6, 6.07) is 11.5. The van der Waals surface area contributed by atoms with Crippen LogP contribution in [0.3, 0.4) is 0 Å². The Morgan fingerprint density at radius 3 is 2.73 bits per heavy atom. The fourth-order valence-electron chi connectivity index (χ4n) is 3.24. The van der Waals surface area contributed by atoms with Crippen LogP contribution in [-0.2, 0) is 6.54 Å². The van der Waals surface area contributed by atoms with Crippen molar-refractivity contribution in [3.8, 4) is 0 Å². The average molecular weight is 442 g/mol. The molecule has 1 N–H and O–H groups in total. The van der Waals surface area contributed by atoms with Crippen molar-refractivity contribution in [3.05, 3.63) is 91.6 Å². The zero-order valence-electron chi connectivity index (χ0n) is 16.2. The molecule has 0 spiro atoms. The molecule has 0 saturated heterocycles. The van der Waals surface area contributed by atoms with Gasteiger partial charge in [-0.2, -0.15) is 0 Å². The van der Waals surface area contributed by atoms with Crippen LogP contribution in [0.4, 0.5) is 10.1 Å². The molecule has 0 radical (unpaired) electrons. The highest BCUT2D eigenvalue weighted by molar-refractivity contribution is 7.20. The predicted octanol–water partition coefficient (Wildman–Crippen LogP) is 5.17. The summed E-state index contributed by atoms with van der Waals surface area (Å²) in [5.41, 5.74) is 2.12. The zero-order valence-corrected chi connectivity index (χ0v) is 17.8. The largest absolute Gasteiger partial charge is 0.321 e. The Morgan fingerprint density at radius 2 is 2.00 bits per heavy atom. The van der Waals surface area contributed by atoms with E-state index in [-0.39, 0.29) is 23.8 Å². The Bertz CT molecular complexity index is 1350. The van der Waals surface area contributed by atoms with Gasteiger partial charge in [0.2, 0.25) is 0 Å². The standard InChI is InChI=1S/C22H17ClFN3O2S/c1-12-9-15(23)7-8-17(12)26-20(28)19-13(2)18-21(30-19)25-11-27(22(18)29)10-14-5-3-4-6-16(14)24/h3-9,11H,10H2,1-2H3,(H,26,28). The van der Waals surface area contributed by atoms with E-state index in [2.05, 4.69) is 10.3 Å². The van der Waals surface area contributed by atoms with Gasteiger partial charge in [-0.25, -0.2) is 9.37 Å². The molecule has 2 heterocycles. The number of hydrogen-bond donors (Lipinski definition) is 1. The van der Waals surface area contributed by atoms with Gasteiger partial charge in [-0.1, -0.05) is 29.8 Å². The van der Waals surface area contributed by atoms with Gasteiger partial charge in [-0.15, -0.1) is 11.3 Å². The van der Waals surface area contributed by atoms with E-state index in [1.54, 1.807) is 43.3 Å². The number of carbonyl (C=O) groups is 1. The number of anilines is 1. The van der Waals surface area contributed by atoms with Crippen LogP contribution in [0, 0.1) is 19.7 Å². The topological polar surface area (TPSA) is 64.0 Å². The van der Waals surface area contributed by atoms with Crippen LogP contribution in [0.5, 0.6) is 0 Å². The van der Waals surface area contributed by atoms with Gasteiger partial charge in [0.1, 0.15) is 10.6 Å². The second-order valence-electron chi connectivity index (χ2n) is 6.92. The number of amides is 1. The van der Waals surface area contributed by atoms with E-state index in [0.29, 0.717) is 36.9 Å². The molecule has 0 bridgehead atoms. The minimum Gasteiger partial charge on any atom is -0.321 e. The highest BCUT2D eigenvalue weighted by Crippen LogP contribution is 2.28. The van der Waals surface area contributed by atoms with Crippen molar-refractivity contribution in [1.29, 1.82) is 0 Å². The van der Waals surface area contributed by atoms with Crippen molar-refractivity contribution in [1.82, 2.24) is 9.55 Å². The normalized spacial score (nSPS) is 11.1. The summed E-state index contributed by atoms with van der Waals surface area (Å²) in [6.07, 6.45) is 1.39. The molecule has 0 atom stereocenters. The summed E-state index contributed by atoms with van der Waals surface area (Å²) < 4.78 is 15.3. The van der Waals surface area contributed by atoms with Crippen LogP contribution < -0.4 is 10.9 Å². The fourth-order valence-corrected chi connectivity index (χ4v) is 4.51. The van der Waals surface area contributed by atoms with Crippen LogP contribution >= 0.6 is 22.9 Å². The Kier molecular flexibility index (Phi) is 5.40. The maximum absolute atomic E-state index is 14.0. The van der Waals surface area contributed by atoms with Gasteiger partial charge >= 0.3 is 0 Å². The number of thiophene rings is 1. The van der Waals surface area contributed by atoms with Gasteiger partial charge in [-0.05, 0) is 49.2 Å². The molecule has 4 rings (SSSR count). The van der Waals surface area contributed by atoms with Crippen LogP contribution in [-0.4, -0.2) is 15.5 Å². The first-order chi connectivity index (χ1) is 14.3. The first kappa shape index (κ1) is 20.3. The second-order valence-corrected chi connectivity index (χ2v) is 8.35. The maximum atomic E-state index is 14.0. The lowest BCUT2D eigenvalue weighted by Crippen LogP contribution is -2.21. The summed E-state index contributed by atoms with van der Waals surface area (Å²) in [7, 11) is 0. The summed E-state index contributed by atoms with van der Waals surface area (Å²) in [6.45, 7) is 3.64. The third kappa shape index (κ3) is 3.74. The number of hydrogen-bond acceptors (Lipinski definition) is 4. The highest BCUT2D eigenvalue weighted by atomic mass is 35.5. The molecule has 5 nitrogen and oxygen atoms in total. The maximum Gasteiger partial charge on any atom is 0.266 e. The summed E-state index contributed by atoms with van der Waals surface area (Å²) in [5, 5.41) is 3.82. The molecule has 0 fully saturated rings. The molecule has 152 valence electrons. The molecule has 30 heavy (non-hydrogen) atoms. The van der Waals surface area contributed by atoms with E-state index < -0.39 is 0 Å². The monoisotopic (exact) mass is 441 g/mol. The molecule has 2 aromatic carbocycles. The fraction of sp³-hybridized carbons (Fsp3) is 0.136. The average Bonchev–Trinajstić information content (AvgIpc) is 3.05. The number of carbonyl (C=O) groups excluding carboxylic acids is 1. The summed E-state index contributed by atoms with van der Waals surface area (Å²) in [5.74, 6) is -0.703. The van der Waals surface area contributed by atoms with E-state index >= 15 is 0 Å². The molecule has 0 unspecified atom stereocenters. The Morgan fingerprint density at radius 1 is 1.23 bits per heavy atom. The van der Waals surface area contributed by atoms with Crippen molar-refractivity contribution in [2.75, 3.05) is 5.32 Å². The third-order valence-electron chi connectivity index (χ3n) is 4.86. The lowest BCUT2D eigenvalue weighted by atomic mass is 10.1. The lowest BCUT2D eigenvalue weighted by molar-refractivity contribution is 0.103. The number of aryl methyl sites for hydroxylation is 2. The number of fused-ring (bicyclic) bond motifs is 1.